The number of nitrogens with zero attached hydrogens (tertiary/aromatic N) is 7. The second kappa shape index (κ2) is 8.07. The number of aryl methyl sites for hydroxylation is 2. The zero-order chi connectivity index (χ0) is 25.1. The van der Waals surface area contributed by atoms with E-state index in [1.807, 2.05) is 35.2 Å². The Balaban J connectivity index is 1.62. The van der Waals surface area contributed by atoms with Crippen molar-refractivity contribution in [3.8, 4) is 28.5 Å². The molecular formula is C25H19F2N7O2. The first-order chi connectivity index (χ1) is 17.4. The number of aromatic nitrogens is 5. The summed E-state index contributed by atoms with van der Waals surface area (Å²) in [5.74, 6) is 1.05. The van der Waals surface area contributed by atoms with Gasteiger partial charge in [0.2, 0.25) is 0 Å². The molecule has 180 valence electrons. The summed E-state index contributed by atoms with van der Waals surface area (Å²) in [5.41, 5.74) is 3.41. The number of nitriles is 1. The third kappa shape index (κ3) is 3.30. The normalized spacial score (nSPS) is 14.1. The molecule has 6 rings (SSSR count). The van der Waals surface area contributed by atoms with Crippen molar-refractivity contribution in [3.05, 3.63) is 59.6 Å². The average molecular weight is 487 g/mol. The fourth-order valence-corrected chi connectivity index (χ4v) is 4.68. The molecule has 4 aromatic heterocycles. The van der Waals surface area contributed by atoms with Crippen molar-refractivity contribution in [2.45, 2.75) is 26.4 Å². The SMILES string of the molecule is Cc1nc(-c2ccc3c(-c4c(C)nc5c(C#N)c(C(F)F)nn5c4N4CC(O)C4)ccnc3c2)co1. The smallest absolute Gasteiger partial charge is 0.283 e. The van der Waals surface area contributed by atoms with Crippen LogP contribution >= 0.6 is 0 Å². The molecule has 5 aromatic rings. The van der Waals surface area contributed by atoms with E-state index in [0.717, 1.165) is 16.5 Å². The van der Waals surface area contributed by atoms with E-state index < -0.39 is 18.2 Å². The zero-order valence-electron chi connectivity index (χ0n) is 19.3. The molecule has 0 amide bonds. The number of alkyl halides is 2. The summed E-state index contributed by atoms with van der Waals surface area (Å²) in [6.07, 6.45) is -0.229. The van der Waals surface area contributed by atoms with Crippen molar-refractivity contribution >= 4 is 22.4 Å². The van der Waals surface area contributed by atoms with E-state index in [1.54, 1.807) is 26.3 Å². The van der Waals surface area contributed by atoms with Crippen LogP contribution in [0.3, 0.4) is 0 Å². The number of anilines is 1. The van der Waals surface area contributed by atoms with Crippen LogP contribution < -0.4 is 4.90 Å². The molecule has 0 saturated carbocycles. The van der Waals surface area contributed by atoms with Crippen molar-refractivity contribution < 1.29 is 18.3 Å². The lowest BCUT2D eigenvalue weighted by Crippen LogP contribution is -2.51. The Kier molecular flexibility index (Phi) is 4.94. The number of pyridine rings is 1. The number of oxazole rings is 1. The topological polar surface area (TPSA) is 116 Å². The molecule has 1 fully saturated rings. The highest BCUT2D eigenvalue weighted by molar-refractivity contribution is 5.99. The van der Waals surface area contributed by atoms with Crippen LogP contribution in [0.25, 0.3) is 38.9 Å². The van der Waals surface area contributed by atoms with Gasteiger partial charge in [-0.2, -0.15) is 14.9 Å². The molecular weight excluding hydrogens is 468 g/mol. The molecule has 1 N–H and O–H groups in total. The molecule has 0 spiro atoms. The number of aliphatic hydroxyl groups excluding tert-OH is 1. The van der Waals surface area contributed by atoms with E-state index in [0.29, 0.717) is 47.3 Å². The molecule has 36 heavy (non-hydrogen) atoms. The van der Waals surface area contributed by atoms with Crippen molar-refractivity contribution in [3.63, 3.8) is 0 Å². The van der Waals surface area contributed by atoms with Crippen LogP contribution in [-0.2, 0) is 0 Å². The van der Waals surface area contributed by atoms with Gasteiger partial charge in [0, 0.05) is 42.7 Å². The highest BCUT2D eigenvalue weighted by atomic mass is 19.3. The number of β-amino-alcohol motifs (C(OH)–C–C–N with tert-alkyl or cyclic N) is 1. The Labute approximate surface area is 203 Å². The minimum Gasteiger partial charge on any atom is -0.449 e. The highest BCUT2D eigenvalue weighted by Crippen LogP contribution is 2.40. The molecule has 1 aliphatic rings. The van der Waals surface area contributed by atoms with E-state index in [4.69, 9.17) is 4.42 Å². The predicted molar refractivity (Wildman–Crippen MR) is 127 cm³/mol. The van der Waals surface area contributed by atoms with Crippen molar-refractivity contribution in [2.24, 2.45) is 0 Å². The fourth-order valence-electron chi connectivity index (χ4n) is 4.68. The van der Waals surface area contributed by atoms with E-state index in [-0.39, 0.29) is 11.2 Å². The maximum atomic E-state index is 13.7. The van der Waals surface area contributed by atoms with Gasteiger partial charge < -0.3 is 14.4 Å². The van der Waals surface area contributed by atoms with E-state index in [1.165, 1.54) is 4.52 Å². The second-order valence-corrected chi connectivity index (χ2v) is 8.70. The van der Waals surface area contributed by atoms with Crippen LogP contribution in [0.4, 0.5) is 14.6 Å². The monoisotopic (exact) mass is 487 g/mol. The van der Waals surface area contributed by atoms with Crippen LogP contribution in [0.1, 0.15) is 29.3 Å². The molecule has 11 heteroatoms. The van der Waals surface area contributed by atoms with Crippen molar-refractivity contribution in [1.29, 1.82) is 5.26 Å². The van der Waals surface area contributed by atoms with E-state index in [2.05, 4.69) is 20.1 Å². The molecule has 0 atom stereocenters. The Morgan fingerprint density at radius 2 is 2.00 bits per heavy atom. The zero-order valence-corrected chi connectivity index (χ0v) is 19.3. The van der Waals surface area contributed by atoms with Crippen LogP contribution in [0, 0.1) is 25.2 Å². The van der Waals surface area contributed by atoms with Crippen LogP contribution in [0.5, 0.6) is 0 Å². The van der Waals surface area contributed by atoms with Crippen molar-refractivity contribution in [2.75, 3.05) is 18.0 Å². The van der Waals surface area contributed by atoms with Crippen LogP contribution in [0.15, 0.2) is 41.1 Å². The van der Waals surface area contributed by atoms with Gasteiger partial charge in [-0.3, -0.25) is 4.98 Å². The molecule has 1 saturated heterocycles. The maximum Gasteiger partial charge on any atom is 0.283 e. The molecule has 0 aliphatic carbocycles. The third-order valence-electron chi connectivity index (χ3n) is 6.35. The van der Waals surface area contributed by atoms with Crippen LogP contribution in [-0.4, -0.2) is 48.9 Å². The summed E-state index contributed by atoms with van der Waals surface area (Å²) in [4.78, 5) is 15.3. The lowest BCUT2D eigenvalue weighted by Gasteiger charge is -2.39. The highest BCUT2D eigenvalue weighted by Gasteiger charge is 2.33. The molecule has 5 heterocycles. The lowest BCUT2D eigenvalue weighted by atomic mass is 9.97. The van der Waals surface area contributed by atoms with E-state index in [9.17, 15) is 19.1 Å². The summed E-state index contributed by atoms with van der Waals surface area (Å²) in [6.45, 7) is 4.14. The summed E-state index contributed by atoms with van der Waals surface area (Å²) < 4.78 is 34.1. The van der Waals surface area contributed by atoms with Gasteiger partial charge in [-0.15, -0.1) is 0 Å². The summed E-state index contributed by atoms with van der Waals surface area (Å²) >= 11 is 0. The average Bonchev–Trinajstić information content (AvgIpc) is 3.44. The largest absolute Gasteiger partial charge is 0.449 e. The standard InChI is InChI=1S/C25H19F2N7O2/c1-12-21(17-5-6-29-19-7-14(3-4-16(17)19)20-11-36-13(2)31-20)25(33-9-15(35)10-33)34-24(30-12)18(8-28)22(32-34)23(26)27/h3-7,11,15,23,35H,9-10H2,1-2H3. The number of hydrogen-bond donors (Lipinski definition) is 1. The molecule has 1 aliphatic heterocycles. The summed E-state index contributed by atoms with van der Waals surface area (Å²) in [6, 6.07) is 9.40. The van der Waals surface area contributed by atoms with Gasteiger partial charge in [0.25, 0.3) is 6.43 Å². The molecule has 9 nitrogen and oxygen atoms in total. The Morgan fingerprint density at radius 3 is 2.67 bits per heavy atom. The number of rotatable bonds is 4. The predicted octanol–water partition coefficient (Wildman–Crippen LogP) is 4.21. The minimum absolute atomic E-state index is 0.0625. The van der Waals surface area contributed by atoms with Gasteiger partial charge in [-0.25, -0.2) is 18.7 Å². The Morgan fingerprint density at radius 1 is 1.19 bits per heavy atom. The van der Waals surface area contributed by atoms with Crippen molar-refractivity contribution in [1.82, 2.24) is 24.6 Å². The lowest BCUT2D eigenvalue weighted by molar-refractivity contribution is 0.140. The minimum atomic E-state index is -2.93. The molecule has 0 radical (unpaired) electrons. The van der Waals surface area contributed by atoms with Gasteiger partial charge in [0.05, 0.1) is 17.3 Å². The molecule has 0 bridgehead atoms. The number of benzene rings is 1. The third-order valence-corrected chi connectivity index (χ3v) is 6.35. The fraction of sp³-hybridized carbons (Fsp3) is 0.240. The number of aliphatic hydroxyl groups is 1. The van der Waals surface area contributed by atoms with Gasteiger partial charge in [0.15, 0.2) is 11.5 Å². The summed E-state index contributed by atoms with van der Waals surface area (Å²) in [5, 5.41) is 24.5. The first-order valence-corrected chi connectivity index (χ1v) is 11.2. The number of fused-ring (bicyclic) bond motifs is 2. The quantitative estimate of drug-likeness (QED) is 0.401. The number of halogens is 2. The van der Waals surface area contributed by atoms with E-state index >= 15 is 0 Å². The second-order valence-electron chi connectivity index (χ2n) is 8.70. The van der Waals surface area contributed by atoms with Gasteiger partial charge >= 0.3 is 0 Å². The maximum absolute atomic E-state index is 13.7. The van der Waals surface area contributed by atoms with Gasteiger partial charge in [0.1, 0.15) is 35.1 Å². The van der Waals surface area contributed by atoms with Gasteiger partial charge in [-0.1, -0.05) is 12.1 Å². The Bertz CT molecular complexity index is 1700. The first kappa shape index (κ1) is 22.1. The Hall–Kier alpha value is -4.43. The first-order valence-electron chi connectivity index (χ1n) is 11.2. The number of hydrogen-bond acceptors (Lipinski definition) is 8. The summed E-state index contributed by atoms with van der Waals surface area (Å²) in [7, 11) is 0. The van der Waals surface area contributed by atoms with Gasteiger partial charge in [-0.05, 0) is 24.6 Å². The van der Waals surface area contributed by atoms with Crippen LogP contribution in [0.2, 0.25) is 0 Å². The molecule has 1 aromatic carbocycles. The molecule has 0 unspecified atom stereocenters.